The van der Waals surface area contributed by atoms with Gasteiger partial charge in [-0.25, -0.2) is 0 Å². The lowest BCUT2D eigenvalue weighted by molar-refractivity contribution is 0.321. The van der Waals surface area contributed by atoms with Gasteiger partial charge in [0, 0.05) is 0 Å². The molecule has 0 saturated heterocycles. The molecule has 0 saturated carbocycles. The summed E-state index contributed by atoms with van der Waals surface area (Å²) in [5.41, 5.74) is 0.254. The summed E-state index contributed by atoms with van der Waals surface area (Å²) in [7, 11) is -1.11. The lowest BCUT2D eigenvalue weighted by atomic mass is 10.9. The van der Waals surface area contributed by atoms with Gasteiger partial charge in [-0.2, -0.15) is 0 Å². The van der Waals surface area contributed by atoms with Crippen LogP contribution in [-0.2, 0) is 4.29 Å². The second kappa shape index (κ2) is 2.85. The first-order valence-electron chi connectivity index (χ1n) is 2.76. The van der Waals surface area contributed by atoms with E-state index in [2.05, 4.69) is 23.9 Å². The standard InChI is InChI=1S/C5H13ClOSi/c1-5(7-6)8(2,3)4/h5H,1-4H3. The number of hydrogen-bond acceptors (Lipinski definition) is 1. The van der Waals surface area contributed by atoms with E-state index >= 15 is 0 Å². The Kier molecular flexibility index (Phi) is 3.02. The van der Waals surface area contributed by atoms with Crippen LogP contribution in [0, 0.1) is 0 Å². The summed E-state index contributed by atoms with van der Waals surface area (Å²) >= 11 is 5.17. The van der Waals surface area contributed by atoms with Crippen molar-refractivity contribution in [3.8, 4) is 0 Å². The summed E-state index contributed by atoms with van der Waals surface area (Å²) in [6, 6.07) is 0. The molecule has 3 heteroatoms. The van der Waals surface area contributed by atoms with Gasteiger partial charge in [0.05, 0.1) is 25.7 Å². The predicted octanol–water partition coefficient (Wildman–Crippen LogP) is 2.42. The molecule has 0 aromatic heterocycles. The zero-order valence-electron chi connectivity index (χ0n) is 5.86. The molecule has 1 atom stereocenters. The lowest BCUT2D eigenvalue weighted by Gasteiger charge is -2.20. The largest absolute Gasteiger partial charge is 0.280 e. The van der Waals surface area contributed by atoms with Crippen molar-refractivity contribution in [2.45, 2.75) is 32.3 Å². The average Bonchev–Trinajstić information content (AvgIpc) is 1.62. The van der Waals surface area contributed by atoms with Crippen molar-refractivity contribution in [1.82, 2.24) is 0 Å². The first-order valence-corrected chi connectivity index (χ1v) is 6.64. The summed E-state index contributed by atoms with van der Waals surface area (Å²) in [6.45, 7) is 8.68. The Hall–Kier alpha value is 0.467. The van der Waals surface area contributed by atoms with Gasteiger partial charge in [0.1, 0.15) is 0 Å². The summed E-state index contributed by atoms with van der Waals surface area (Å²) in [5.74, 6) is 0. The second-order valence-electron chi connectivity index (χ2n) is 3.10. The zero-order valence-corrected chi connectivity index (χ0v) is 7.62. The maximum absolute atomic E-state index is 5.17. The van der Waals surface area contributed by atoms with E-state index in [0.717, 1.165) is 0 Å². The van der Waals surface area contributed by atoms with E-state index in [1.54, 1.807) is 0 Å². The third kappa shape index (κ3) is 2.70. The van der Waals surface area contributed by atoms with Crippen LogP contribution in [0.15, 0.2) is 0 Å². The fraction of sp³-hybridized carbons (Fsp3) is 1.00. The van der Waals surface area contributed by atoms with E-state index in [9.17, 15) is 0 Å². The Morgan fingerprint density at radius 3 is 1.75 bits per heavy atom. The Morgan fingerprint density at radius 1 is 1.38 bits per heavy atom. The van der Waals surface area contributed by atoms with Crippen molar-refractivity contribution in [1.29, 1.82) is 0 Å². The molecule has 8 heavy (non-hydrogen) atoms. The topological polar surface area (TPSA) is 9.23 Å². The summed E-state index contributed by atoms with van der Waals surface area (Å²) in [4.78, 5) is 0. The molecule has 0 aliphatic rings. The number of hydrogen-bond donors (Lipinski definition) is 0. The fourth-order valence-electron chi connectivity index (χ4n) is 0.134. The zero-order chi connectivity index (χ0) is 6.78. The van der Waals surface area contributed by atoms with E-state index < -0.39 is 8.07 Å². The van der Waals surface area contributed by atoms with Gasteiger partial charge in [-0.15, -0.1) is 0 Å². The average molecular weight is 153 g/mol. The first kappa shape index (κ1) is 8.47. The van der Waals surface area contributed by atoms with Gasteiger partial charge >= 0.3 is 0 Å². The Bertz CT molecular complexity index is 69.3. The Labute approximate surface area is 57.2 Å². The van der Waals surface area contributed by atoms with Crippen LogP contribution in [0.3, 0.4) is 0 Å². The maximum atomic E-state index is 5.17. The molecule has 50 valence electrons. The monoisotopic (exact) mass is 152 g/mol. The quantitative estimate of drug-likeness (QED) is 0.553. The Morgan fingerprint density at radius 2 is 1.75 bits per heavy atom. The third-order valence-electron chi connectivity index (χ3n) is 1.35. The molecule has 0 radical (unpaired) electrons. The minimum absolute atomic E-state index is 0.254. The molecule has 0 spiro atoms. The minimum atomic E-state index is -1.11. The molecule has 0 aromatic carbocycles. The first-order chi connectivity index (χ1) is 3.48. The van der Waals surface area contributed by atoms with Crippen molar-refractivity contribution >= 4 is 19.9 Å². The molecule has 0 aliphatic carbocycles. The van der Waals surface area contributed by atoms with Crippen LogP contribution in [-0.4, -0.2) is 13.8 Å². The molecule has 0 N–H and O–H groups in total. The number of rotatable bonds is 2. The van der Waals surface area contributed by atoms with Crippen LogP contribution in [0.2, 0.25) is 19.6 Å². The van der Waals surface area contributed by atoms with Crippen LogP contribution in [0.1, 0.15) is 6.92 Å². The van der Waals surface area contributed by atoms with Crippen molar-refractivity contribution in [2.75, 3.05) is 0 Å². The van der Waals surface area contributed by atoms with Crippen molar-refractivity contribution in [2.24, 2.45) is 0 Å². The third-order valence-corrected chi connectivity index (χ3v) is 4.33. The maximum Gasteiger partial charge on any atom is 0.0805 e. The van der Waals surface area contributed by atoms with Crippen LogP contribution >= 0.6 is 11.9 Å². The molecule has 1 unspecified atom stereocenters. The van der Waals surface area contributed by atoms with E-state index in [4.69, 9.17) is 11.9 Å². The van der Waals surface area contributed by atoms with E-state index in [1.165, 1.54) is 0 Å². The van der Waals surface area contributed by atoms with Crippen LogP contribution in [0.25, 0.3) is 0 Å². The normalized spacial score (nSPS) is 16.1. The van der Waals surface area contributed by atoms with Gasteiger partial charge in [-0.3, -0.25) is 4.29 Å². The highest BCUT2D eigenvalue weighted by Gasteiger charge is 2.22. The van der Waals surface area contributed by atoms with E-state index in [-0.39, 0.29) is 5.73 Å². The molecule has 0 amide bonds. The second-order valence-corrected chi connectivity index (χ2v) is 8.82. The van der Waals surface area contributed by atoms with Crippen LogP contribution in [0.5, 0.6) is 0 Å². The van der Waals surface area contributed by atoms with E-state index in [1.807, 2.05) is 6.92 Å². The fourth-order valence-corrected chi connectivity index (χ4v) is 1.20. The van der Waals surface area contributed by atoms with Crippen molar-refractivity contribution in [3.63, 3.8) is 0 Å². The van der Waals surface area contributed by atoms with Gasteiger partial charge in [0.25, 0.3) is 0 Å². The molecule has 0 fully saturated rings. The summed E-state index contributed by atoms with van der Waals surface area (Å²) in [6.07, 6.45) is 0. The van der Waals surface area contributed by atoms with Gasteiger partial charge in [-0.1, -0.05) is 19.6 Å². The lowest BCUT2D eigenvalue weighted by Crippen LogP contribution is -2.35. The van der Waals surface area contributed by atoms with Gasteiger partial charge in [0.15, 0.2) is 0 Å². The van der Waals surface area contributed by atoms with Crippen molar-refractivity contribution < 1.29 is 4.29 Å². The molecular weight excluding hydrogens is 140 g/mol. The van der Waals surface area contributed by atoms with Crippen LogP contribution in [0.4, 0.5) is 0 Å². The minimum Gasteiger partial charge on any atom is -0.280 e. The molecule has 0 bridgehead atoms. The van der Waals surface area contributed by atoms with Crippen molar-refractivity contribution in [3.05, 3.63) is 0 Å². The molecule has 0 rings (SSSR count). The predicted molar refractivity (Wildman–Crippen MR) is 39.7 cm³/mol. The summed E-state index contributed by atoms with van der Waals surface area (Å²) in [5, 5.41) is 0. The SMILES string of the molecule is CC(OCl)[Si](C)(C)C. The summed E-state index contributed by atoms with van der Waals surface area (Å²) < 4.78 is 4.65. The smallest absolute Gasteiger partial charge is 0.0805 e. The van der Waals surface area contributed by atoms with Crippen LogP contribution < -0.4 is 0 Å². The number of halogens is 1. The van der Waals surface area contributed by atoms with E-state index in [0.29, 0.717) is 0 Å². The van der Waals surface area contributed by atoms with Gasteiger partial charge < -0.3 is 0 Å². The van der Waals surface area contributed by atoms with Gasteiger partial charge in [0.2, 0.25) is 0 Å². The Balaban J connectivity index is 3.62. The molecule has 0 aliphatic heterocycles. The molecule has 0 aromatic rings. The molecular formula is C5H13ClOSi. The molecule has 1 nitrogen and oxygen atoms in total. The highest BCUT2D eigenvalue weighted by Crippen LogP contribution is 2.11. The highest BCUT2D eigenvalue weighted by molar-refractivity contribution is 6.77. The molecule has 0 heterocycles. The van der Waals surface area contributed by atoms with Gasteiger partial charge in [-0.05, 0) is 6.92 Å². The highest BCUT2D eigenvalue weighted by atomic mass is 35.5.